The van der Waals surface area contributed by atoms with Crippen LogP contribution < -0.4 is 4.74 Å². The van der Waals surface area contributed by atoms with Crippen molar-refractivity contribution in [2.75, 3.05) is 0 Å². The third-order valence-electron chi connectivity index (χ3n) is 3.00. The van der Waals surface area contributed by atoms with Crippen LogP contribution in [0.25, 0.3) is 6.08 Å². The van der Waals surface area contributed by atoms with Gasteiger partial charge >= 0.3 is 5.97 Å². The third kappa shape index (κ3) is 4.32. The van der Waals surface area contributed by atoms with E-state index in [-0.39, 0.29) is 0 Å². The highest BCUT2D eigenvalue weighted by Gasteiger charge is 2.00. The normalized spacial score (nSPS) is 10.3. The zero-order chi connectivity index (χ0) is 15.1. The number of esters is 1. The first-order valence-electron chi connectivity index (χ1n) is 6.70. The van der Waals surface area contributed by atoms with Crippen molar-refractivity contribution in [1.82, 2.24) is 0 Å². The standard InChI is InChI=1S/C18H15NO2/c1-2-14-3-5-15(6-4-14)9-12-18(20)21-17-10-7-16(13-19)8-11-17/h3-12H,2H2,1H3. The molecule has 0 unspecified atom stereocenters. The van der Waals surface area contributed by atoms with Crippen molar-refractivity contribution >= 4 is 12.0 Å². The van der Waals surface area contributed by atoms with Crippen LogP contribution in [-0.4, -0.2) is 5.97 Å². The van der Waals surface area contributed by atoms with E-state index in [4.69, 9.17) is 10.00 Å². The fourth-order valence-electron chi connectivity index (χ4n) is 1.78. The molecule has 104 valence electrons. The van der Waals surface area contributed by atoms with Crippen molar-refractivity contribution in [3.8, 4) is 11.8 Å². The molecule has 2 aromatic carbocycles. The van der Waals surface area contributed by atoms with Crippen molar-refractivity contribution in [2.24, 2.45) is 0 Å². The van der Waals surface area contributed by atoms with Gasteiger partial charge in [-0.15, -0.1) is 0 Å². The Morgan fingerprint density at radius 2 is 1.81 bits per heavy atom. The van der Waals surface area contributed by atoms with Crippen molar-refractivity contribution < 1.29 is 9.53 Å². The number of nitrogens with zero attached hydrogens (tertiary/aromatic N) is 1. The molecule has 0 saturated carbocycles. The predicted octanol–water partition coefficient (Wildman–Crippen LogP) is 3.74. The molecule has 0 spiro atoms. The molecule has 3 nitrogen and oxygen atoms in total. The number of hydrogen-bond donors (Lipinski definition) is 0. The minimum absolute atomic E-state index is 0.421. The molecular formula is C18H15NO2. The Balaban J connectivity index is 1.96. The van der Waals surface area contributed by atoms with Crippen LogP contribution in [0, 0.1) is 11.3 Å². The lowest BCUT2D eigenvalue weighted by Crippen LogP contribution is -2.03. The molecule has 0 saturated heterocycles. The minimum atomic E-state index is -0.445. The van der Waals surface area contributed by atoms with Gasteiger partial charge in [-0.3, -0.25) is 0 Å². The number of hydrogen-bond acceptors (Lipinski definition) is 3. The summed E-state index contributed by atoms with van der Waals surface area (Å²) in [6.45, 7) is 2.10. The zero-order valence-corrected chi connectivity index (χ0v) is 11.7. The zero-order valence-electron chi connectivity index (χ0n) is 11.7. The van der Waals surface area contributed by atoms with Crippen LogP contribution in [0.4, 0.5) is 0 Å². The van der Waals surface area contributed by atoms with Crippen LogP contribution in [0.1, 0.15) is 23.6 Å². The maximum Gasteiger partial charge on any atom is 0.336 e. The maximum atomic E-state index is 11.7. The third-order valence-corrected chi connectivity index (χ3v) is 3.00. The molecule has 0 heterocycles. The number of ether oxygens (including phenoxy) is 1. The molecule has 0 aliphatic carbocycles. The Kier molecular flexibility index (Phi) is 4.89. The van der Waals surface area contributed by atoms with E-state index in [0.717, 1.165) is 12.0 Å². The molecule has 0 aliphatic heterocycles. The number of nitriles is 1. The molecule has 3 heteroatoms. The molecule has 0 atom stereocenters. The van der Waals surface area contributed by atoms with Gasteiger partial charge in [0.15, 0.2) is 0 Å². The Labute approximate surface area is 124 Å². The van der Waals surface area contributed by atoms with E-state index in [0.29, 0.717) is 11.3 Å². The second-order valence-corrected chi connectivity index (χ2v) is 4.49. The van der Waals surface area contributed by atoms with E-state index in [1.807, 2.05) is 30.3 Å². The molecule has 2 aromatic rings. The van der Waals surface area contributed by atoms with Crippen molar-refractivity contribution in [1.29, 1.82) is 5.26 Å². The van der Waals surface area contributed by atoms with Crippen LogP contribution in [0.5, 0.6) is 5.75 Å². The van der Waals surface area contributed by atoms with Gasteiger partial charge in [-0.05, 0) is 47.9 Å². The summed E-state index contributed by atoms with van der Waals surface area (Å²) in [5.74, 6) is -0.0238. The highest BCUT2D eigenvalue weighted by atomic mass is 16.5. The van der Waals surface area contributed by atoms with E-state index in [1.165, 1.54) is 11.6 Å². The molecule has 0 amide bonds. The first-order valence-corrected chi connectivity index (χ1v) is 6.70. The van der Waals surface area contributed by atoms with E-state index >= 15 is 0 Å². The second-order valence-electron chi connectivity index (χ2n) is 4.49. The quantitative estimate of drug-likeness (QED) is 0.486. The summed E-state index contributed by atoms with van der Waals surface area (Å²) in [4.78, 5) is 11.7. The topological polar surface area (TPSA) is 50.1 Å². The maximum absolute atomic E-state index is 11.7. The molecule has 0 aromatic heterocycles. The summed E-state index contributed by atoms with van der Waals surface area (Å²) >= 11 is 0. The SMILES string of the molecule is CCc1ccc(C=CC(=O)Oc2ccc(C#N)cc2)cc1. The number of carbonyl (C=O) groups is 1. The Morgan fingerprint density at radius 3 is 2.38 bits per heavy atom. The van der Waals surface area contributed by atoms with Crippen LogP contribution in [0.3, 0.4) is 0 Å². The van der Waals surface area contributed by atoms with Gasteiger partial charge < -0.3 is 4.74 Å². The van der Waals surface area contributed by atoms with Gasteiger partial charge in [0, 0.05) is 6.08 Å². The Morgan fingerprint density at radius 1 is 1.14 bits per heavy atom. The first kappa shape index (κ1) is 14.5. The lowest BCUT2D eigenvalue weighted by atomic mass is 10.1. The Bertz CT molecular complexity index is 677. The average molecular weight is 277 g/mol. The Hall–Kier alpha value is -2.86. The van der Waals surface area contributed by atoms with Crippen molar-refractivity contribution in [2.45, 2.75) is 13.3 Å². The van der Waals surface area contributed by atoms with Gasteiger partial charge in [-0.2, -0.15) is 5.26 Å². The predicted molar refractivity (Wildman–Crippen MR) is 81.6 cm³/mol. The van der Waals surface area contributed by atoms with Gasteiger partial charge in [0.1, 0.15) is 5.75 Å². The highest BCUT2D eigenvalue weighted by Crippen LogP contribution is 2.12. The number of rotatable bonds is 4. The van der Waals surface area contributed by atoms with Gasteiger partial charge in [-0.25, -0.2) is 4.79 Å². The number of aryl methyl sites for hydroxylation is 1. The van der Waals surface area contributed by atoms with Crippen molar-refractivity contribution in [3.05, 3.63) is 71.3 Å². The lowest BCUT2D eigenvalue weighted by molar-refractivity contribution is -0.128. The van der Waals surface area contributed by atoms with E-state index in [1.54, 1.807) is 30.3 Å². The largest absolute Gasteiger partial charge is 0.423 e. The smallest absolute Gasteiger partial charge is 0.336 e. The molecule has 0 N–H and O–H groups in total. The summed E-state index contributed by atoms with van der Waals surface area (Å²) in [5, 5.41) is 8.69. The van der Waals surface area contributed by atoms with Gasteiger partial charge in [0.25, 0.3) is 0 Å². The van der Waals surface area contributed by atoms with Gasteiger partial charge in [0.05, 0.1) is 11.6 Å². The molecule has 0 aliphatic rings. The van der Waals surface area contributed by atoms with Gasteiger partial charge in [-0.1, -0.05) is 31.2 Å². The van der Waals surface area contributed by atoms with E-state index in [2.05, 4.69) is 6.92 Å². The molecule has 0 radical (unpaired) electrons. The second kappa shape index (κ2) is 7.06. The number of carbonyl (C=O) groups excluding carboxylic acids is 1. The van der Waals surface area contributed by atoms with Crippen LogP contribution in [-0.2, 0) is 11.2 Å². The van der Waals surface area contributed by atoms with Crippen molar-refractivity contribution in [3.63, 3.8) is 0 Å². The summed E-state index contributed by atoms with van der Waals surface area (Å²) < 4.78 is 5.15. The highest BCUT2D eigenvalue weighted by molar-refractivity contribution is 5.88. The summed E-state index contributed by atoms with van der Waals surface area (Å²) in [6, 6.07) is 16.4. The molecule has 2 rings (SSSR count). The monoisotopic (exact) mass is 277 g/mol. The molecular weight excluding hydrogens is 262 g/mol. The molecule has 21 heavy (non-hydrogen) atoms. The number of benzene rings is 2. The van der Waals surface area contributed by atoms with Gasteiger partial charge in [0.2, 0.25) is 0 Å². The minimum Gasteiger partial charge on any atom is -0.423 e. The fourth-order valence-corrected chi connectivity index (χ4v) is 1.78. The summed E-state index contributed by atoms with van der Waals surface area (Å²) in [6.07, 6.45) is 4.09. The molecule has 0 fully saturated rings. The summed E-state index contributed by atoms with van der Waals surface area (Å²) in [7, 11) is 0. The van der Waals surface area contributed by atoms with Crippen LogP contribution in [0.2, 0.25) is 0 Å². The lowest BCUT2D eigenvalue weighted by Gasteiger charge is -2.01. The molecule has 0 bridgehead atoms. The average Bonchev–Trinajstić information content (AvgIpc) is 2.54. The van der Waals surface area contributed by atoms with E-state index in [9.17, 15) is 4.79 Å². The first-order chi connectivity index (χ1) is 10.2. The summed E-state index contributed by atoms with van der Waals surface area (Å²) in [5.41, 5.74) is 2.73. The van der Waals surface area contributed by atoms with Crippen LogP contribution in [0.15, 0.2) is 54.6 Å². The van der Waals surface area contributed by atoms with E-state index < -0.39 is 5.97 Å². The van der Waals surface area contributed by atoms with Crippen LogP contribution >= 0.6 is 0 Å². The fraction of sp³-hybridized carbons (Fsp3) is 0.111.